The van der Waals surface area contributed by atoms with Crippen LogP contribution in [0.1, 0.15) is 18.4 Å². The van der Waals surface area contributed by atoms with Gasteiger partial charge in [0.25, 0.3) is 0 Å². The lowest BCUT2D eigenvalue weighted by atomic mass is 10.1. The Hall–Kier alpha value is -0.620. The summed E-state index contributed by atoms with van der Waals surface area (Å²) in [5, 5.41) is 0. The molecule has 0 aliphatic rings. The van der Waals surface area contributed by atoms with E-state index in [1.807, 2.05) is 12.1 Å². The fourth-order valence-electron chi connectivity index (χ4n) is 2.60. The van der Waals surface area contributed by atoms with E-state index < -0.39 is 0 Å². The average Bonchev–Trinajstić information content (AvgIpc) is 2.46. The van der Waals surface area contributed by atoms with Gasteiger partial charge in [-0.15, -0.1) is 0 Å². The van der Waals surface area contributed by atoms with E-state index in [2.05, 4.69) is 64.9 Å². The molecule has 1 rings (SSSR count). The summed E-state index contributed by atoms with van der Waals surface area (Å²) in [5.41, 5.74) is 1.25. The number of rotatable bonds is 11. The highest BCUT2D eigenvalue weighted by atomic mass is 79.9. The van der Waals surface area contributed by atoms with Crippen molar-refractivity contribution >= 4 is 15.9 Å². The molecule has 0 aromatic heterocycles. The molecule has 0 saturated carbocycles. The molecule has 0 unspecified atom stereocenters. The first-order valence-electron chi connectivity index (χ1n) is 8.26. The SMILES string of the molecule is COc1ccc(Br)cc1CN(CCCN(C)C)CCCN(C)C. The van der Waals surface area contributed by atoms with Crippen LogP contribution in [0.4, 0.5) is 0 Å². The number of hydrogen-bond donors (Lipinski definition) is 0. The van der Waals surface area contributed by atoms with Crippen molar-refractivity contribution in [1.29, 1.82) is 0 Å². The highest BCUT2D eigenvalue weighted by Gasteiger charge is 2.11. The molecule has 5 heteroatoms. The van der Waals surface area contributed by atoms with E-state index in [0.29, 0.717) is 0 Å². The zero-order valence-electron chi connectivity index (χ0n) is 15.3. The molecule has 0 bridgehead atoms. The summed E-state index contributed by atoms with van der Waals surface area (Å²) in [5.74, 6) is 0.971. The normalized spacial score (nSPS) is 11.7. The summed E-state index contributed by atoms with van der Waals surface area (Å²) in [7, 11) is 10.3. The lowest BCUT2D eigenvalue weighted by Gasteiger charge is -2.25. The maximum absolute atomic E-state index is 5.52. The van der Waals surface area contributed by atoms with Gasteiger partial charge in [-0.05, 0) is 85.4 Å². The number of methoxy groups -OCH3 is 1. The van der Waals surface area contributed by atoms with Gasteiger partial charge in [0.1, 0.15) is 5.75 Å². The molecule has 0 fully saturated rings. The molecule has 0 saturated heterocycles. The maximum atomic E-state index is 5.52. The van der Waals surface area contributed by atoms with Crippen molar-refractivity contribution in [2.75, 3.05) is 61.5 Å². The molecule has 0 heterocycles. The molecule has 132 valence electrons. The van der Waals surface area contributed by atoms with Crippen molar-refractivity contribution in [3.8, 4) is 5.75 Å². The van der Waals surface area contributed by atoms with Crippen LogP contribution in [0, 0.1) is 0 Å². The van der Waals surface area contributed by atoms with Crippen LogP contribution in [0.2, 0.25) is 0 Å². The standard InChI is InChI=1S/C18H32BrN3O/c1-20(2)10-6-12-22(13-7-11-21(3)4)15-16-14-17(19)8-9-18(16)23-5/h8-9,14H,6-7,10-13,15H2,1-5H3. The van der Waals surface area contributed by atoms with Crippen LogP contribution >= 0.6 is 15.9 Å². The van der Waals surface area contributed by atoms with Gasteiger partial charge in [-0.2, -0.15) is 0 Å². The predicted molar refractivity (Wildman–Crippen MR) is 102 cm³/mol. The number of nitrogens with zero attached hydrogens (tertiary/aromatic N) is 3. The Morgan fingerprint density at radius 3 is 1.96 bits per heavy atom. The zero-order chi connectivity index (χ0) is 17.2. The van der Waals surface area contributed by atoms with Crippen molar-refractivity contribution in [2.45, 2.75) is 19.4 Å². The van der Waals surface area contributed by atoms with Gasteiger partial charge in [0.15, 0.2) is 0 Å². The van der Waals surface area contributed by atoms with Crippen LogP contribution in [-0.2, 0) is 6.54 Å². The highest BCUT2D eigenvalue weighted by molar-refractivity contribution is 9.10. The van der Waals surface area contributed by atoms with Crippen molar-refractivity contribution in [3.05, 3.63) is 28.2 Å². The van der Waals surface area contributed by atoms with Crippen LogP contribution in [0.25, 0.3) is 0 Å². The van der Waals surface area contributed by atoms with Crippen LogP contribution in [0.3, 0.4) is 0 Å². The van der Waals surface area contributed by atoms with Gasteiger partial charge in [0.2, 0.25) is 0 Å². The highest BCUT2D eigenvalue weighted by Crippen LogP contribution is 2.24. The second kappa shape index (κ2) is 11.0. The summed E-state index contributed by atoms with van der Waals surface area (Å²) in [6.07, 6.45) is 2.37. The minimum Gasteiger partial charge on any atom is -0.496 e. The molecule has 1 aromatic rings. The Labute approximate surface area is 150 Å². The number of benzene rings is 1. The fraction of sp³-hybridized carbons (Fsp3) is 0.667. The first kappa shape index (κ1) is 20.4. The second-order valence-electron chi connectivity index (χ2n) is 6.55. The molecule has 0 atom stereocenters. The molecule has 4 nitrogen and oxygen atoms in total. The third-order valence-electron chi connectivity index (χ3n) is 3.80. The smallest absolute Gasteiger partial charge is 0.123 e. The van der Waals surface area contributed by atoms with E-state index in [-0.39, 0.29) is 0 Å². The lowest BCUT2D eigenvalue weighted by molar-refractivity contribution is 0.231. The molecule has 23 heavy (non-hydrogen) atoms. The Morgan fingerprint density at radius 2 is 1.48 bits per heavy atom. The van der Waals surface area contributed by atoms with Gasteiger partial charge in [-0.3, -0.25) is 4.90 Å². The van der Waals surface area contributed by atoms with Gasteiger partial charge in [0, 0.05) is 16.6 Å². The zero-order valence-corrected chi connectivity index (χ0v) is 16.9. The fourth-order valence-corrected chi connectivity index (χ4v) is 3.01. The van der Waals surface area contributed by atoms with Gasteiger partial charge < -0.3 is 14.5 Å². The van der Waals surface area contributed by atoms with Crippen LogP contribution in [0.5, 0.6) is 5.75 Å². The second-order valence-corrected chi connectivity index (χ2v) is 7.46. The van der Waals surface area contributed by atoms with E-state index in [1.54, 1.807) is 7.11 Å². The minimum absolute atomic E-state index is 0.934. The van der Waals surface area contributed by atoms with Gasteiger partial charge in [-0.1, -0.05) is 15.9 Å². The molecule has 1 aromatic carbocycles. The van der Waals surface area contributed by atoms with Gasteiger partial charge in [-0.25, -0.2) is 0 Å². The average molecular weight is 386 g/mol. The van der Waals surface area contributed by atoms with Crippen LogP contribution < -0.4 is 4.74 Å². The van der Waals surface area contributed by atoms with E-state index >= 15 is 0 Å². The summed E-state index contributed by atoms with van der Waals surface area (Å²) in [6, 6.07) is 6.24. The van der Waals surface area contributed by atoms with Crippen molar-refractivity contribution in [3.63, 3.8) is 0 Å². The van der Waals surface area contributed by atoms with Crippen molar-refractivity contribution in [2.24, 2.45) is 0 Å². The van der Waals surface area contributed by atoms with E-state index in [9.17, 15) is 0 Å². The lowest BCUT2D eigenvalue weighted by Crippen LogP contribution is -2.30. The number of hydrogen-bond acceptors (Lipinski definition) is 4. The van der Waals surface area contributed by atoms with Gasteiger partial charge >= 0.3 is 0 Å². The maximum Gasteiger partial charge on any atom is 0.123 e. The Morgan fingerprint density at radius 1 is 0.913 bits per heavy atom. The molecule has 0 spiro atoms. The Bertz CT molecular complexity index is 438. The molecule has 0 aliphatic heterocycles. The van der Waals surface area contributed by atoms with Crippen molar-refractivity contribution in [1.82, 2.24) is 14.7 Å². The summed E-state index contributed by atoms with van der Waals surface area (Å²) in [6.45, 7) is 5.41. The molecular weight excluding hydrogens is 354 g/mol. The quantitative estimate of drug-likeness (QED) is 0.582. The van der Waals surface area contributed by atoms with Gasteiger partial charge in [0.05, 0.1) is 7.11 Å². The van der Waals surface area contributed by atoms with E-state index in [0.717, 1.165) is 42.9 Å². The van der Waals surface area contributed by atoms with Crippen LogP contribution in [-0.4, -0.2) is 76.2 Å². The number of halogens is 1. The first-order chi connectivity index (χ1) is 10.9. The molecule has 0 aliphatic carbocycles. The third kappa shape index (κ3) is 8.70. The molecule has 0 radical (unpaired) electrons. The predicted octanol–water partition coefficient (Wildman–Crippen LogP) is 3.16. The Kier molecular flexibility index (Phi) is 9.79. The molecule has 0 amide bonds. The molecular formula is C18H32BrN3O. The summed E-state index contributed by atoms with van der Waals surface area (Å²) >= 11 is 3.57. The summed E-state index contributed by atoms with van der Waals surface area (Å²) < 4.78 is 6.63. The largest absolute Gasteiger partial charge is 0.496 e. The van der Waals surface area contributed by atoms with E-state index in [1.165, 1.54) is 18.4 Å². The van der Waals surface area contributed by atoms with Crippen molar-refractivity contribution < 1.29 is 4.74 Å². The minimum atomic E-state index is 0.934. The third-order valence-corrected chi connectivity index (χ3v) is 4.29. The topological polar surface area (TPSA) is 19.0 Å². The first-order valence-corrected chi connectivity index (χ1v) is 9.06. The van der Waals surface area contributed by atoms with Crippen LogP contribution in [0.15, 0.2) is 22.7 Å². The number of ether oxygens (including phenoxy) is 1. The summed E-state index contributed by atoms with van der Waals surface area (Å²) in [4.78, 5) is 7.03. The molecule has 0 N–H and O–H groups in total. The monoisotopic (exact) mass is 385 g/mol. The van der Waals surface area contributed by atoms with E-state index in [4.69, 9.17) is 4.74 Å². The Balaban J connectivity index is 2.68.